The number of benzene rings is 1. The number of anilines is 1. The second-order valence-electron chi connectivity index (χ2n) is 7.93. The van der Waals surface area contributed by atoms with Gasteiger partial charge in [-0.15, -0.1) is 0 Å². The summed E-state index contributed by atoms with van der Waals surface area (Å²) >= 11 is 0. The summed E-state index contributed by atoms with van der Waals surface area (Å²) in [5.74, 6) is -0.00708. The molecule has 0 bridgehead atoms. The van der Waals surface area contributed by atoms with Gasteiger partial charge in [0.1, 0.15) is 23.7 Å². The maximum Gasteiger partial charge on any atom is 0.433 e. The molecule has 1 unspecified atom stereocenters. The number of rotatable bonds is 3. The van der Waals surface area contributed by atoms with Gasteiger partial charge in [-0.1, -0.05) is 12.1 Å². The molecule has 2 saturated heterocycles. The number of amides is 1. The highest BCUT2D eigenvalue weighted by molar-refractivity contribution is 5.79. The SMILES string of the molecule is O=C1CCC2(CCCN(c3cc(C(F)(F)F)ncn3)CC2)N1Cc1ccc(F)cc1. The highest BCUT2D eigenvalue weighted by atomic mass is 19.4. The normalized spacial score (nSPS) is 22.6. The summed E-state index contributed by atoms with van der Waals surface area (Å²) in [5, 5.41) is 0. The number of carbonyl (C=O) groups is 1. The molecule has 2 aliphatic heterocycles. The van der Waals surface area contributed by atoms with E-state index < -0.39 is 11.9 Å². The zero-order valence-electron chi connectivity index (χ0n) is 16.3. The topological polar surface area (TPSA) is 49.3 Å². The van der Waals surface area contributed by atoms with Crippen molar-refractivity contribution < 1.29 is 22.4 Å². The van der Waals surface area contributed by atoms with Crippen molar-refractivity contribution in [1.82, 2.24) is 14.9 Å². The summed E-state index contributed by atoms with van der Waals surface area (Å²) in [4.78, 5) is 23.7. The number of halogens is 4. The van der Waals surface area contributed by atoms with E-state index in [4.69, 9.17) is 0 Å². The quantitative estimate of drug-likeness (QED) is 0.697. The maximum absolute atomic E-state index is 13.2. The summed E-state index contributed by atoms with van der Waals surface area (Å²) in [5.41, 5.74) is -0.432. The van der Waals surface area contributed by atoms with Crippen molar-refractivity contribution in [3.8, 4) is 0 Å². The number of alkyl halides is 3. The standard InChI is InChI=1S/C21H22F4N4O/c22-16-4-2-15(3-5-16)13-29-19(30)6-8-20(29)7-1-10-28(11-9-20)18-12-17(21(23,24)25)26-14-27-18/h2-5,12,14H,1,6-11,13H2. The van der Waals surface area contributed by atoms with Gasteiger partial charge < -0.3 is 9.80 Å². The molecule has 2 aromatic rings. The van der Waals surface area contributed by atoms with Crippen molar-refractivity contribution in [3.63, 3.8) is 0 Å². The Morgan fingerprint density at radius 3 is 2.53 bits per heavy atom. The Morgan fingerprint density at radius 2 is 1.80 bits per heavy atom. The predicted octanol–water partition coefficient (Wildman–Crippen LogP) is 4.19. The van der Waals surface area contributed by atoms with E-state index >= 15 is 0 Å². The third-order valence-corrected chi connectivity index (χ3v) is 6.12. The number of hydrogen-bond acceptors (Lipinski definition) is 4. The lowest BCUT2D eigenvalue weighted by Crippen LogP contribution is -2.46. The average molecular weight is 422 g/mol. The van der Waals surface area contributed by atoms with Gasteiger partial charge in [0.2, 0.25) is 5.91 Å². The molecule has 3 heterocycles. The van der Waals surface area contributed by atoms with Crippen molar-refractivity contribution in [2.75, 3.05) is 18.0 Å². The van der Waals surface area contributed by atoms with Crippen molar-refractivity contribution >= 4 is 11.7 Å². The van der Waals surface area contributed by atoms with Crippen molar-refractivity contribution in [2.24, 2.45) is 0 Å². The van der Waals surface area contributed by atoms with E-state index in [1.165, 1.54) is 12.1 Å². The van der Waals surface area contributed by atoms with E-state index in [9.17, 15) is 22.4 Å². The van der Waals surface area contributed by atoms with Crippen LogP contribution in [0.25, 0.3) is 0 Å². The van der Waals surface area contributed by atoms with Gasteiger partial charge in [0, 0.05) is 37.7 Å². The first kappa shape index (κ1) is 20.6. The van der Waals surface area contributed by atoms with Crippen molar-refractivity contribution in [1.29, 1.82) is 0 Å². The largest absolute Gasteiger partial charge is 0.433 e. The van der Waals surface area contributed by atoms with Gasteiger partial charge >= 0.3 is 6.18 Å². The Bertz CT molecular complexity index is 918. The first-order valence-corrected chi connectivity index (χ1v) is 9.96. The fourth-order valence-electron chi connectivity index (χ4n) is 4.51. The molecule has 5 nitrogen and oxygen atoms in total. The molecule has 160 valence electrons. The lowest BCUT2D eigenvalue weighted by Gasteiger charge is -2.38. The van der Waals surface area contributed by atoms with E-state index in [-0.39, 0.29) is 23.1 Å². The van der Waals surface area contributed by atoms with E-state index in [1.807, 2.05) is 9.80 Å². The van der Waals surface area contributed by atoms with Crippen LogP contribution in [0.15, 0.2) is 36.7 Å². The Morgan fingerprint density at radius 1 is 1.03 bits per heavy atom. The monoisotopic (exact) mass is 422 g/mol. The predicted molar refractivity (Wildman–Crippen MR) is 102 cm³/mol. The number of likely N-dealkylation sites (tertiary alicyclic amines) is 1. The molecule has 1 aromatic heterocycles. The van der Waals surface area contributed by atoms with Crippen molar-refractivity contribution in [2.45, 2.75) is 50.4 Å². The molecule has 9 heteroatoms. The lowest BCUT2D eigenvalue weighted by atomic mass is 9.87. The molecule has 0 saturated carbocycles. The minimum atomic E-state index is -4.52. The van der Waals surface area contributed by atoms with Gasteiger partial charge in [-0.2, -0.15) is 13.2 Å². The van der Waals surface area contributed by atoms with Gasteiger partial charge in [0.05, 0.1) is 0 Å². The van der Waals surface area contributed by atoms with E-state index in [0.717, 1.165) is 37.2 Å². The highest BCUT2D eigenvalue weighted by Crippen LogP contribution is 2.41. The molecule has 4 rings (SSSR count). The van der Waals surface area contributed by atoms with Crippen LogP contribution in [0, 0.1) is 5.82 Å². The fourth-order valence-corrected chi connectivity index (χ4v) is 4.51. The second kappa shape index (κ2) is 7.85. The Labute approximate surface area is 171 Å². The molecule has 1 amide bonds. The number of carbonyl (C=O) groups excluding carboxylic acids is 1. The molecule has 2 aliphatic rings. The molecular formula is C21H22F4N4O. The first-order valence-electron chi connectivity index (χ1n) is 9.96. The Hall–Kier alpha value is -2.71. The third-order valence-electron chi connectivity index (χ3n) is 6.12. The van der Waals surface area contributed by atoms with Crippen LogP contribution in [0.4, 0.5) is 23.4 Å². The minimum absolute atomic E-state index is 0.0640. The van der Waals surface area contributed by atoms with Crippen LogP contribution in [0.2, 0.25) is 0 Å². The van der Waals surface area contributed by atoms with Gasteiger partial charge in [0.15, 0.2) is 0 Å². The average Bonchev–Trinajstić information content (AvgIpc) is 2.89. The first-order chi connectivity index (χ1) is 14.3. The molecule has 0 radical (unpaired) electrons. The van der Waals surface area contributed by atoms with Gasteiger partial charge in [-0.05, 0) is 43.4 Å². The Balaban J connectivity index is 1.52. The van der Waals surface area contributed by atoms with Crippen molar-refractivity contribution in [3.05, 3.63) is 53.7 Å². The third kappa shape index (κ3) is 4.11. The highest BCUT2D eigenvalue weighted by Gasteiger charge is 2.45. The smallest absolute Gasteiger partial charge is 0.356 e. The van der Waals surface area contributed by atoms with Crippen LogP contribution in [-0.2, 0) is 17.5 Å². The zero-order chi connectivity index (χ0) is 21.4. The van der Waals surface area contributed by atoms with Crippen LogP contribution in [-0.4, -0.2) is 39.4 Å². The molecule has 0 N–H and O–H groups in total. The summed E-state index contributed by atoms with van der Waals surface area (Å²) < 4.78 is 52.2. The van der Waals surface area contributed by atoms with Crippen LogP contribution >= 0.6 is 0 Å². The summed E-state index contributed by atoms with van der Waals surface area (Å²) in [7, 11) is 0. The molecular weight excluding hydrogens is 400 g/mol. The molecule has 1 aromatic carbocycles. The van der Waals surface area contributed by atoms with E-state index in [1.54, 1.807) is 12.1 Å². The summed E-state index contributed by atoms with van der Waals surface area (Å²) in [6.07, 6.45) is -0.254. The molecule has 30 heavy (non-hydrogen) atoms. The lowest BCUT2D eigenvalue weighted by molar-refractivity contribution is -0.141. The number of nitrogens with zero attached hydrogens (tertiary/aromatic N) is 4. The summed E-state index contributed by atoms with van der Waals surface area (Å²) in [6, 6.07) is 7.10. The fraction of sp³-hybridized carbons (Fsp3) is 0.476. The number of hydrogen-bond donors (Lipinski definition) is 0. The van der Waals surface area contributed by atoms with Crippen LogP contribution in [0.1, 0.15) is 43.4 Å². The van der Waals surface area contributed by atoms with Crippen LogP contribution < -0.4 is 4.90 Å². The van der Waals surface area contributed by atoms with Gasteiger partial charge in [0.25, 0.3) is 0 Å². The van der Waals surface area contributed by atoms with Crippen LogP contribution in [0.5, 0.6) is 0 Å². The summed E-state index contributed by atoms with van der Waals surface area (Å²) in [6.45, 7) is 1.47. The number of aromatic nitrogens is 2. The molecule has 2 fully saturated rings. The minimum Gasteiger partial charge on any atom is -0.356 e. The van der Waals surface area contributed by atoms with E-state index in [2.05, 4.69) is 9.97 Å². The zero-order valence-corrected chi connectivity index (χ0v) is 16.3. The molecule has 1 atom stereocenters. The van der Waals surface area contributed by atoms with Crippen LogP contribution in [0.3, 0.4) is 0 Å². The molecule has 0 aliphatic carbocycles. The van der Waals surface area contributed by atoms with Gasteiger partial charge in [-0.3, -0.25) is 4.79 Å². The molecule has 1 spiro atoms. The Kier molecular flexibility index (Phi) is 5.38. The second-order valence-corrected chi connectivity index (χ2v) is 7.93. The van der Waals surface area contributed by atoms with E-state index in [0.29, 0.717) is 32.5 Å². The van der Waals surface area contributed by atoms with Gasteiger partial charge in [-0.25, -0.2) is 14.4 Å². The maximum atomic E-state index is 13.2.